The Bertz CT molecular complexity index is 303. The molecule has 0 bridgehead atoms. The first kappa shape index (κ1) is 29.3. The van der Waals surface area contributed by atoms with E-state index in [4.69, 9.17) is 0 Å². The predicted octanol–water partition coefficient (Wildman–Crippen LogP) is 9.97. The third kappa shape index (κ3) is 10.0. The van der Waals surface area contributed by atoms with Crippen molar-refractivity contribution in [1.29, 1.82) is 0 Å². The van der Waals surface area contributed by atoms with Gasteiger partial charge in [0.05, 0.1) is 0 Å². The van der Waals surface area contributed by atoms with Crippen molar-refractivity contribution in [3.63, 3.8) is 0 Å². The zero-order valence-corrected chi connectivity index (χ0v) is 26.3. The van der Waals surface area contributed by atoms with Crippen molar-refractivity contribution < 1.29 is 4.79 Å². The average molecular weight is 608 g/mol. The number of rotatable bonds is 20. The van der Waals surface area contributed by atoms with Gasteiger partial charge in [0.25, 0.3) is 0 Å². The molecule has 0 unspecified atom stereocenters. The van der Waals surface area contributed by atoms with Crippen molar-refractivity contribution in [3.8, 4) is 0 Å². The quantitative estimate of drug-likeness (QED) is 0.126. The Morgan fingerprint density at radius 1 is 0.429 bits per heavy atom. The second-order valence-corrected chi connectivity index (χ2v) is 39.4. The zero-order valence-electron chi connectivity index (χ0n) is 20.6. The molecule has 1 nitrogen and oxygen atoms in total. The molecule has 0 aliphatic rings. The molecule has 0 atom stereocenters. The van der Waals surface area contributed by atoms with Crippen molar-refractivity contribution >= 4 is 38.6 Å². The van der Waals surface area contributed by atoms with Gasteiger partial charge in [-0.25, -0.2) is 0 Å². The summed E-state index contributed by atoms with van der Waals surface area (Å²) in [6, 6.07) is 0. The molecule has 0 aromatic heterocycles. The van der Waals surface area contributed by atoms with Crippen LogP contribution in [0.25, 0.3) is 0 Å². The van der Waals surface area contributed by atoms with Crippen molar-refractivity contribution in [1.82, 2.24) is 0 Å². The minimum absolute atomic E-state index is 1.12. The van der Waals surface area contributed by atoms with Gasteiger partial charge in [-0.1, -0.05) is 0 Å². The van der Waals surface area contributed by atoms with Crippen LogP contribution in [0.15, 0.2) is 0 Å². The molecule has 0 aromatic carbocycles. The van der Waals surface area contributed by atoms with E-state index in [1.807, 2.05) is 0 Å². The van der Waals surface area contributed by atoms with Gasteiger partial charge in [0.2, 0.25) is 0 Å². The molecular weight excluding hydrogens is 554 g/mol. The number of hydrogen-bond acceptors (Lipinski definition) is 1. The van der Waals surface area contributed by atoms with E-state index in [2.05, 4.69) is 41.5 Å². The number of carbonyl (C=O) groups is 1. The van der Waals surface area contributed by atoms with Crippen LogP contribution < -0.4 is 0 Å². The molecule has 0 N–H and O–H groups in total. The Hall–Kier alpha value is 1.27. The molecule has 0 radical (unpaired) electrons. The van der Waals surface area contributed by atoms with Crippen LogP contribution in [0.2, 0.25) is 26.6 Å². The first-order chi connectivity index (χ1) is 13.5. The van der Waals surface area contributed by atoms with Crippen LogP contribution in [0.1, 0.15) is 119 Å². The van der Waals surface area contributed by atoms with Gasteiger partial charge < -0.3 is 0 Å². The van der Waals surface area contributed by atoms with Crippen LogP contribution in [0.5, 0.6) is 0 Å². The Morgan fingerprint density at radius 2 is 0.607 bits per heavy atom. The normalized spacial score (nSPS) is 12.5. The maximum atomic E-state index is 14.7. The van der Waals surface area contributed by atoms with E-state index >= 15 is 0 Å². The Kier molecular flexibility index (Phi) is 18.7. The molecule has 3 heteroatoms. The summed E-state index contributed by atoms with van der Waals surface area (Å²) in [5, 5.41) is 0. The first-order valence-electron chi connectivity index (χ1n) is 13.1. The summed E-state index contributed by atoms with van der Waals surface area (Å²) in [5.41, 5.74) is 0. The molecular formula is C25H54OSn2. The summed E-state index contributed by atoms with van der Waals surface area (Å²) in [7, 11) is 0. The summed E-state index contributed by atoms with van der Waals surface area (Å²) >= 11 is -5.47. The van der Waals surface area contributed by atoms with Crippen LogP contribution in [0, 0.1) is 0 Å². The molecule has 0 saturated heterocycles. The average Bonchev–Trinajstić information content (AvgIpc) is 2.73. The van der Waals surface area contributed by atoms with E-state index in [1.54, 1.807) is 0 Å². The van der Waals surface area contributed by atoms with Gasteiger partial charge in [-0.15, -0.1) is 0 Å². The molecule has 0 amide bonds. The van der Waals surface area contributed by atoms with Gasteiger partial charge in [0.15, 0.2) is 0 Å². The Balaban J connectivity index is 6.03. The molecule has 0 aromatic rings. The molecule has 0 spiro atoms. The zero-order chi connectivity index (χ0) is 21.3. The van der Waals surface area contributed by atoms with Gasteiger partial charge in [0, 0.05) is 0 Å². The van der Waals surface area contributed by atoms with Crippen LogP contribution in [-0.4, -0.2) is 38.6 Å². The second-order valence-electron chi connectivity index (χ2n) is 9.51. The van der Waals surface area contributed by atoms with Gasteiger partial charge in [-0.2, -0.15) is 0 Å². The van der Waals surface area contributed by atoms with E-state index in [1.165, 1.54) is 104 Å². The number of hydrogen-bond donors (Lipinski definition) is 0. The molecule has 0 saturated carbocycles. The summed E-state index contributed by atoms with van der Waals surface area (Å²) in [5.74, 6) is 0. The van der Waals surface area contributed by atoms with E-state index in [0.29, 0.717) is 0 Å². The molecule has 0 aliphatic heterocycles. The fourth-order valence-corrected chi connectivity index (χ4v) is 70.0. The van der Waals surface area contributed by atoms with Crippen molar-refractivity contribution in [2.24, 2.45) is 0 Å². The van der Waals surface area contributed by atoms with Gasteiger partial charge in [-0.05, 0) is 0 Å². The minimum atomic E-state index is -2.74. The van der Waals surface area contributed by atoms with E-state index in [9.17, 15) is 4.79 Å². The van der Waals surface area contributed by atoms with Crippen LogP contribution in [0.3, 0.4) is 0 Å². The summed E-state index contributed by atoms with van der Waals surface area (Å²) in [4.78, 5) is 14.7. The SMILES string of the molecule is CCC[CH2][Sn]([CH2]CCC)([CH2]CCC)[C](=O)[Sn]([CH2]CCC)([CH2]CCC)[CH2]CCC. The Labute approximate surface area is 187 Å². The topological polar surface area (TPSA) is 17.1 Å². The number of carbonyl (C=O) groups excluding carboxylic acids is 1. The van der Waals surface area contributed by atoms with E-state index in [0.717, 1.165) is 1.82 Å². The van der Waals surface area contributed by atoms with Gasteiger partial charge in [-0.3, -0.25) is 0 Å². The summed E-state index contributed by atoms with van der Waals surface area (Å²) in [6.07, 6.45) is 15.7. The Morgan fingerprint density at radius 3 is 0.750 bits per heavy atom. The second kappa shape index (κ2) is 17.9. The molecule has 0 aliphatic carbocycles. The van der Waals surface area contributed by atoms with Crippen LogP contribution in [0.4, 0.5) is 4.79 Å². The van der Waals surface area contributed by atoms with Crippen molar-refractivity contribution in [2.75, 3.05) is 0 Å². The number of unbranched alkanes of at least 4 members (excludes halogenated alkanes) is 6. The molecule has 168 valence electrons. The molecule has 28 heavy (non-hydrogen) atoms. The molecule has 0 fully saturated rings. The molecule has 0 heterocycles. The van der Waals surface area contributed by atoms with Gasteiger partial charge in [0.1, 0.15) is 0 Å². The summed E-state index contributed by atoms with van der Waals surface area (Å²) < 4.78 is 9.50. The summed E-state index contributed by atoms with van der Waals surface area (Å²) in [6.45, 7) is 14.0. The third-order valence-electron chi connectivity index (χ3n) is 7.02. The van der Waals surface area contributed by atoms with Crippen molar-refractivity contribution in [3.05, 3.63) is 0 Å². The maximum absolute atomic E-state index is 14.7. The van der Waals surface area contributed by atoms with E-state index in [-0.39, 0.29) is 0 Å². The van der Waals surface area contributed by atoms with Crippen LogP contribution >= 0.6 is 0 Å². The standard InChI is InChI=1S/6C4H9.CO.2Sn/c6*1-3-4-2;1-2;;/h6*1,3-4H2,2H3;;;. The van der Waals surface area contributed by atoms with Gasteiger partial charge >= 0.3 is 189 Å². The third-order valence-corrected chi connectivity index (χ3v) is 55.3. The van der Waals surface area contributed by atoms with Crippen molar-refractivity contribution in [2.45, 2.75) is 145 Å². The predicted molar refractivity (Wildman–Crippen MR) is 135 cm³/mol. The fraction of sp³-hybridized carbons (Fsp3) is 0.960. The first-order valence-corrected chi connectivity index (χ1v) is 28.0. The van der Waals surface area contributed by atoms with Crippen LogP contribution in [-0.2, 0) is 0 Å². The fourth-order valence-electron chi connectivity index (χ4n) is 5.08. The molecule has 0 rings (SSSR count). The van der Waals surface area contributed by atoms with E-state index < -0.39 is 36.8 Å². The monoisotopic (exact) mass is 610 g/mol.